The lowest BCUT2D eigenvalue weighted by molar-refractivity contribution is 0.254. The van der Waals surface area contributed by atoms with E-state index in [0.717, 1.165) is 35.9 Å². The number of nitrogens with one attached hydrogen (secondary N) is 3. The highest BCUT2D eigenvalue weighted by molar-refractivity contribution is 5.94. The number of amides is 2. The van der Waals surface area contributed by atoms with Crippen LogP contribution in [0, 0.1) is 0 Å². The first-order chi connectivity index (χ1) is 11.5. The van der Waals surface area contributed by atoms with Gasteiger partial charge in [-0.25, -0.2) is 13.6 Å². The van der Waals surface area contributed by atoms with E-state index in [4.69, 9.17) is 0 Å². The SMILES string of the molecule is CCCc1c[nH]c2ccc(NC(=O)N/C(C)=C/C(F)=C\CF)cc12. The molecule has 4 nitrogen and oxygen atoms in total. The molecule has 128 valence electrons. The van der Waals surface area contributed by atoms with Crippen molar-refractivity contribution >= 4 is 22.6 Å². The third kappa shape index (κ3) is 4.68. The molecule has 1 aromatic carbocycles. The third-order valence-corrected chi connectivity index (χ3v) is 3.48. The van der Waals surface area contributed by atoms with Gasteiger partial charge in [-0.1, -0.05) is 13.3 Å². The molecular weight excluding hydrogens is 312 g/mol. The molecule has 1 aromatic heterocycles. The summed E-state index contributed by atoms with van der Waals surface area (Å²) in [5.41, 5.74) is 3.14. The first-order valence-corrected chi connectivity index (χ1v) is 7.81. The Bertz CT molecular complexity index is 778. The molecule has 0 unspecified atom stereocenters. The van der Waals surface area contributed by atoms with Crippen LogP contribution in [0.5, 0.6) is 0 Å². The van der Waals surface area contributed by atoms with Gasteiger partial charge in [-0.2, -0.15) is 0 Å². The molecule has 0 radical (unpaired) electrons. The highest BCUT2D eigenvalue weighted by Gasteiger charge is 2.07. The molecule has 0 spiro atoms. The highest BCUT2D eigenvalue weighted by atomic mass is 19.1. The number of aromatic nitrogens is 1. The molecule has 0 atom stereocenters. The topological polar surface area (TPSA) is 56.9 Å². The van der Waals surface area contributed by atoms with Gasteiger partial charge in [0.25, 0.3) is 0 Å². The van der Waals surface area contributed by atoms with E-state index in [1.807, 2.05) is 18.3 Å². The van der Waals surface area contributed by atoms with Crippen molar-refractivity contribution in [1.29, 1.82) is 0 Å². The molecule has 0 aliphatic rings. The third-order valence-electron chi connectivity index (χ3n) is 3.48. The van der Waals surface area contributed by atoms with Gasteiger partial charge in [0.05, 0.1) is 0 Å². The maximum Gasteiger partial charge on any atom is 0.323 e. The number of urea groups is 1. The zero-order valence-corrected chi connectivity index (χ0v) is 13.7. The zero-order valence-electron chi connectivity index (χ0n) is 13.7. The second kappa shape index (κ2) is 8.29. The van der Waals surface area contributed by atoms with E-state index in [0.29, 0.717) is 5.69 Å². The smallest absolute Gasteiger partial charge is 0.323 e. The Morgan fingerprint density at radius 2 is 2.17 bits per heavy atom. The molecule has 0 fully saturated rings. The Hall–Kier alpha value is -2.63. The summed E-state index contributed by atoms with van der Waals surface area (Å²) in [5.74, 6) is -0.728. The molecule has 6 heteroatoms. The molecule has 0 aliphatic heterocycles. The molecule has 0 aliphatic carbocycles. The summed E-state index contributed by atoms with van der Waals surface area (Å²) in [5, 5.41) is 6.28. The van der Waals surface area contributed by atoms with Crippen molar-refractivity contribution in [1.82, 2.24) is 10.3 Å². The first-order valence-electron chi connectivity index (χ1n) is 7.81. The van der Waals surface area contributed by atoms with Crippen LogP contribution in [0.2, 0.25) is 0 Å². The number of rotatable bonds is 6. The second-order valence-electron chi connectivity index (χ2n) is 5.47. The van der Waals surface area contributed by atoms with E-state index in [1.54, 1.807) is 6.07 Å². The lowest BCUT2D eigenvalue weighted by atomic mass is 10.1. The summed E-state index contributed by atoms with van der Waals surface area (Å²) in [4.78, 5) is 15.2. The minimum Gasteiger partial charge on any atom is -0.361 e. The number of halogens is 2. The van der Waals surface area contributed by atoms with E-state index >= 15 is 0 Å². The normalized spacial score (nSPS) is 12.5. The van der Waals surface area contributed by atoms with E-state index < -0.39 is 18.5 Å². The number of benzene rings is 1. The van der Waals surface area contributed by atoms with E-state index in [9.17, 15) is 13.6 Å². The van der Waals surface area contributed by atoms with Crippen LogP contribution in [0.1, 0.15) is 25.8 Å². The van der Waals surface area contributed by atoms with E-state index in [2.05, 4.69) is 22.5 Å². The fourth-order valence-electron chi connectivity index (χ4n) is 2.45. The molecule has 0 saturated carbocycles. The van der Waals surface area contributed by atoms with Gasteiger partial charge in [0.15, 0.2) is 0 Å². The lowest BCUT2D eigenvalue weighted by Crippen LogP contribution is -2.27. The van der Waals surface area contributed by atoms with Crippen molar-refractivity contribution in [3.63, 3.8) is 0 Å². The van der Waals surface area contributed by atoms with Crippen molar-refractivity contribution in [2.75, 3.05) is 12.0 Å². The van der Waals surface area contributed by atoms with E-state index in [-0.39, 0.29) is 5.70 Å². The average molecular weight is 333 g/mol. The lowest BCUT2D eigenvalue weighted by Gasteiger charge is -2.08. The van der Waals surface area contributed by atoms with Crippen LogP contribution in [0.15, 0.2) is 48.1 Å². The van der Waals surface area contributed by atoms with Crippen molar-refractivity contribution < 1.29 is 13.6 Å². The maximum atomic E-state index is 13.2. The molecule has 0 saturated heterocycles. The summed E-state index contributed by atoms with van der Waals surface area (Å²) >= 11 is 0. The van der Waals surface area contributed by atoms with Crippen molar-refractivity contribution in [3.8, 4) is 0 Å². The summed E-state index contributed by atoms with van der Waals surface area (Å²) in [7, 11) is 0. The molecule has 2 aromatic rings. The van der Waals surface area contributed by atoms with Crippen LogP contribution in [-0.2, 0) is 6.42 Å². The number of carbonyl (C=O) groups is 1. The number of hydrogen-bond acceptors (Lipinski definition) is 1. The monoisotopic (exact) mass is 333 g/mol. The number of aromatic amines is 1. The zero-order chi connectivity index (χ0) is 17.5. The quantitative estimate of drug-likeness (QED) is 0.642. The Kier molecular flexibility index (Phi) is 6.12. The number of anilines is 1. The van der Waals surface area contributed by atoms with Crippen LogP contribution < -0.4 is 10.6 Å². The number of hydrogen-bond donors (Lipinski definition) is 3. The minimum atomic E-state index is -0.890. The van der Waals surface area contributed by atoms with Gasteiger partial charge >= 0.3 is 6.03 Å². The minimum absolute atomic E-state index is 0.282. The van der Waals surface area contributed by atoms with Gasteiger partial charge in [0.1, 0.15) is 12.5 Å². The van der Waals surface area contributed by atoms with Crippen molar-refractivity contribution in [3.05, 3.63) is 53.6 Å². The van der Waals surface area contributed by atoms with Crippen LogP contribution >= 0.6 is 0 Å². The summed E-state index contributed by atoms with van der Waals surface area (Å²) < 4.78 is 25.1. The molecule has 3 N–H and O–H groups in total. The number of allylic oxidation sites excluding steroid dienone is 4. The van der Waals surface area contributed by atoms with Gasteiger partial charge in [0, 0.05) is 28.5 Å². The number of alkyl halides is 1. The average Bonchev–Trinajstić information content (AvgIpc) is 2.90. The molecular formula is C18H21F2N3O. The first kappa shape index (κ1) is 17.7. The molecule has 0 bridgehead atoms. The summed E-state index contributed by atoms with van der Waals surface area (Å²) in [6.07, 6.45) is 5.82. The highest BCUT2D eigenvalue weighted by Crippen LogP contribution is 2.23. The van der Waals surface area contributed by atoms with E-state index in [1.165, 1.54) is 12.5 Å². The molecule has 1 heterocycles. The Morgan fingerprint density at radius 1 is 1.38 bits per heavy atom. The molecule has 24 heavy (non-hydrogen) atoms. The van der Waals surface area contributed by atoms with Gasteiger partial charge in [0.2, 0.25) is 0 Å². The largest absolute Gasteiger partial charge is 0.361 e. The van der Waals surface area contributed by atoms with Gasteiger partial charge < -0.3 is 15.6 Å². The van der Waals surface area contributed by atoms with Crippen LogP contribution in [-0.4, -0.2) is 17.7 Å². The number of aryl methyl sites for hydroxylation is 1. The van der Waals surface area contributed by atoms with Gasteiger partial charge in [-0.05, 0) is 49.3 Å². The van der Waals surface area contributed by atoms with Crippen molar-refractivity contribution in [2.24, 2.45) is 0 Å². The fourth-order valence-corrected chi connectivity index (χ4v) is 2.45. The number of H-pyrrole nitrogens is 1. The van der Waals surface area contributed by atoms with Crippen LogP contribution in [0.3, 0.4) is 0 Å². The van der Waals surface area contributed by atoms with Crippen LogP contribution in [0.25, 0.3) is 10.9 Å². The number of carbonyl (C=O) groups excluding carboxylic acids is 1. The van der Waals surface area contributed by atoms with Gasteiger partial charge in [-0.3, -0.25) is 0 Å². The van der Waals surface area contributed by atoms with Crippen molar-refractivity contribution in [2.45, 2.75) is 26.7 Å². The summed E-state index contributed by atoms with van der Waals surface area (Å²) in [6.45, 7) is 2.75. The second-order valence-corrected chi connectivity index (χ2v) is 5.47. The summed E-state index contributed by atoms with van der Waals surface area (Å²) in [6, 6.07) is 5.11. The maximum absolute atomic E-state index is 13.2. The predicted molar refractivity (Wildman–Crippen MR) is 93.4 cm³/mol. The predicted octanol–water partition coefficient (Wildman–Crippen LogP) is 4.97. The standard InChI is InChI=1S/C18H21F2N3O/c1-3-4-13-11-21-17-6-5-15(10-16(13)17)23-18(24)22-12(2)9-14(20)7-8-19/h5-7,9-11,21H,3-4,8H2,1-2H3,(H2,22,23,24)/b12-9+,14-7+. The Morgan fingerprint density at radius 3 is 2.88 bits per heavy atom. The fraction of sp³-hybridized carbons (Fsp3) is 0.278. The molecule has 2 amide bonds. The van der Waals surface area contributed by atoms with Crippen LogP contribution in [0.4, 0.5) is 19.3 Å². The Balaban J connectivity index is 2.07. The Labute approximate surface area is 139 Å². The number of fused-ring (bicyclic) bond motifs is 1. The van der Waals surface area contributed by atoms with Gasteiger partial charge in [-0.15, -0.1) is 0 Å². The molecule has 2 rings (SSSR count).